The molecule has 0 atom stereocenters. The van der Waals surface area contributed by atoms with E-state index in [0.29, 0.717) is 11.5 Å². The second-order valence-electron chi connectivity index (χ2n) is 10.6. The van der Waals surface area contributed by atoms with Gasteiger partial charge in [-0.15, -0.1) is 0 Å². The first-order valence-corrected chi connectivity index (χ1v) is 14.8. The molecule has 2 aliphatic rings. The van der Waals surface area contributed by atoms with Crippen LogP contribution in [-0.2, 0) is 22.9 Å². The molecule has 1 aromatic carbocycles. The Morgan fingerprint density at radius 2 is 1.66 bits per heavy atom. The van der Waals surface area contributed by atoms with E-state index in [-0.39, 0.29) is 22.9 Å². The number of benzene rings is 1. The Hall–Kier alpha value is -3.40. The van der Waals surface area contributed by atoms with Gasteiger partial charge in [0.1, 0.15) is 5.82 Å². The van der Waals surface area contributed by atoms with Crippen molar-refractivity contribution in [3.8, 4) is 0 Å². The van der Waals surface area contributed by atoms with Gasteiger partial charge in [-0.3, -0.25) is 4.79 Å². The minimum atomic E-state index is -3.74. The molecule has 0 saturated heterocycles. The fraction of sp³-hybridized carbons (Fsp3) is 0.464. The van der Waals surface area contributed by atoms with Crippen molar-refractivity contribution in [1.29, 1.82) is 0 Å². The van der Waals surface area contributed by atoms with Gasteiger partial charge in [0, 0.05) is 44.1 Å². The Morgan fingerprint density at radius 1 is 0.974 bits per heavy atom. The third-order valence-corrected chi connectivity index (χ3v) is 9.16. The van der Waals surface area contributed by atoms with Crippen LogP contribution in [0.15, 0.2) is 47.6 Å². The maximum atomic E-state index is 12.9. The topological polar surface area (TPSA) is 109 Å². The molecule has 2 aliphatic carbocycles. The van der Waals surface area contributed by atoms with E-state index in [1.54, 1.807) is 30.3 Å². The summed E-state index contributed by atoms with van der Waals surface area (Å²) in [6.45, 7) is 1.90. The number of hydrogen-bond donors (Lipinski definition) is 2. The van der Waals surface area contributed by atoms with Gasteiger partial charge in [0.25, 0.3) is 15.9 Å². The van der Waals surface area contributed by atoms with Gasteiger partial charge in [0.15, 0.2) is 0 Å². The minimum Gasteiger partial charge on any atom is -0.362 e. The van der Waals surface area contributed by atoms with E-state index < -0.39 is 10.0 Å². The molecule has 5 rings (SSSR count). The van der Waals surface area contributed by atoms with Crippen LogP contribution >= 0.6 is 0 Å². The Kier molecular flexibility index (Phi) is 7.43. The highest BCUT2D eigenvalue weighted by molar-refractivity contribution is 7.90. The summed E-state index contributed by atoms with van der Waals surface area (Å²) < 4.78 is 26.9. The maximum absolute atomic E-state index is 12.9. The quantitative estimate of drug-likeness (QED) is 0.471. The first kappa shape index (κ1) is 26.2. The standard InChI is InChI=1S/C28H36N6O3S/c1-19-8-14-23(15-9-19)38(36,37)34-17-16-20(18-34)27(35)29-21-10-12-22(13-11-21)30-28-31-25-7-5-4-6-24(25)26(32-28)33(2)3/h8-9,14-18,21-22H,4-7,10-13H2,1-3H3,(H,29,35)(H,30,31,32). The summed E-state index contributed by atoms with van der Waals surface area (Å²) in [4.78, 5) is 24.8. The lowest BCUT2D eigenvalue weighted by Gasteiger charge is -2.30. The molecule has 1 saturated carbocycles. The SMILES string of the molecule is Cc1ccc(S(=O)(=O)n2ccc(C(=O)NC3CCC(Nc4nc5c(c(N(C)C)n4)CCCC5)CC3)c2)cc1. The fourth-order valence-corrected chi connectivity index (χ4v) is 6.53. The highest BCUT2D eigenvalue weighted by Gasteiger charge is 2.26. The average Bonchev–Trinajstić information content (AvgIpc) is 3.41. The normalized spacial score (nSPS) is 19.4. The second kappa shape index (κ2) is 10.8. The summed E-state index contributed by atoms with van der Waals surface area (Å²) in [5, 5.41) is 6.62. The monoisotopic (exact) mass is 536 g/mol. The van der Waals surface area contributed by atoms with Crippen molar-refractivity contribution in [1.82, 2.24) is 19.3 Å². The molecule has 2 aromatic heterocycles. The summed E-state index contributed by atoms with van der Waals surface area (Å²) in [5.74, 6) is 1.44. The lowest BCUT2D eigenvalue weighted by molar-refractivity contribution is 0.0926. The van der Waals surface area contributed by atoms with Crippen molar-refractivity contribution in [3.05, 3.63) is 65.1 Å². The number of amides is 1. The van der Waals surface area contributed by atoms with Crippen molar-refractivity contribution in [2.24, 2.45) is 0 Å². The molecular formula is C28H36N6O3S. The zero-order valence-electron chi connectivity index (χ0n) is 22.3. The molecule has 38 heavy (non-hydrogen) atoms. The molecule has 2 N–H and O–H groups in total. The molecule has 1 fully saturated rings. The molecule has 3 aromatic rings. The van der Waals surface area contributed by atoms with E-state index in [4.69, 9.17) is 9.97 Å². The molecule has 10 heteroatoms. The van der Waals surface area contributed by atoms with Crippen molar-refractivity contribution < 1.29 is 13.2 Å². The molecule has 1 amide bonds. The van der Waals surface area contributed by atoms with Gasteiger partial charge >= 0.3 is 0 Å². The molecular weight excluding hydrogens is 500 g/mol. The van der Waals surface area contributed by atoms with Gasteiger partial charge in [0.2, 0.25) is 5.95 Å². The van der Waals surface area contributed by atoms with E-state index in [9.17, 15) is 13.2 Å². The van der Waals surface area contributed by atoms with Crippen molar-refractivity contribution in [2.75, 3.05) is 24.3 Å². The average molecular weight is 537 g/mol. The third kappa shape index (κ3) is 5.55. The molecule has 9 nitrogen and oxygen atoms in total. The van der Waals surface area contributed by atoms with Crippen LogP contribution in [0.3, 0.4) is 0 Å². The minimum absolute atomic E-state index is 0.0411. The number of anilines is 2. The summed E-state index contributed by atoms with van der Waals surface area (Å²) in [7, 11) is 0.318. The van der Waals surface area contributed by atoms with E-state index in [0.717, 1.165) is 59.6 Å². The van der Waals surface area contributed by atoms with E-state index >= 15 is 0 Å². The lowest BCUT2D eigenvalue weighted by Crippen LogP contribution is -2.40. The van der Waals surface area contributed by atoms with E-state index in [2.05, 4.69) is 15.5 Å². The Balaban J connectivity index is 1.17. The summed E-state index contributed by atoms with van der Waals surface area (Å²) in [5.41, 5.74) is 3.75. The summed E-state index contributed by atoms with van der Waals surface area (Å²) in [6.07, 6.45) is 10.6. The fourth-order valence-electron chi connectivity index (χ4n) is 5.33. The molecule has 2 heterocycles. The van der Waals surface area contributed by atoms with Crippen molar-refractivity contribution in [2.45, 2.75) is 75.3 Å². The van der Waals surface area contributed by atoms with Crippen LogP contribution in [0.25, 0.3) is 0 Å². The molecule has 0 bridgehead atoms. The van der Waals surface area contributed by atoms with Crippen LogP contribution < -0.4 is 15.5 Å². The second-order valence-corrected chi connectivity index (χ2v) is 12.5. The maximum Gasteiger partial charge on any atom is 0.267 e. The van der Waals surface area contributed by atoms with Crippen LogP contribution in [-0.4, -0.2) is 54.4 Å². The lowest BCUT2D eigenvalue weighted by atomic mass is 9.91. The largest absolute Gasteiger partial charge is 0.362 e. The van der Waals surface area contributed by atoms with Crippen LogP contribution in [0.4, 0.5) is 11.8 Å². The van der Waals surface area contributed by atoms with Crippen LogP contribution in [0.1, 0.15) is 65.7 Å². The highest BCUT2D eigenvalue weighted by atomic mass is 32.2. The number of aryl methyl sites for hydroxylation is 2. The number of fused-ring (bicyclic) bond motifs is 1. The van der Waals surface area contributed by atoms with E-state index in [1.807, 2.05) is 21.0 Å². The Morgan fingerprint density at radius 3 is 2.37 bits per heavy atom. The highest BCUT2D eigenvalue weighted by Crippen LogP contribution is 2.29. The zero-order chi connectivity index (χ0) is 26.9. The smallest absolute Gasteiger partial charge is 0.267 e. The molecule has 202 valence electrons. The van der Waals surface area contributed by atoms with Crippen LogP contribution in [0.5, 0.6) is 0 Å². The first-order chi connectivity index (χ1) is 18.2. The predicted octanol–water partition coefficient (Wildman–Crippen LogP) is 3.92. The number of carbonyl (C=O) groups is 1. The van der Waals surface area contributed by atoms with Crippen LogP contribution in [0, 0.1) is 6.92 Å². The van der Waals surface area contributed by atoms with E-state index in [1.165, 1.54) is 30.8 Å². The number of nitrogens with zero attached hydrogens (tertiary/aromatic N) is 4. The van der Waals surface area contributed by atoms with Crippen LogP contribution in [0.2, 0.25) is 0 Å². The summed E-state index contributed by atoms with van der Waals surface area (Å²) >= 11 is 0. The Labute approximate surface area is 224 Å². The molecule has 0 radical (unpaired) electrons. The van der Waals surface area contributed by atoms with Crippen molar-refractivity contribution >= 4 is 27.7 Å². The Bertz CT molecular complexity index is 1410. The number of rotatable bonds is 7. The number of carbonyl (C=O) groups excluding carboxylic acids is 1. The molecule has 0 spiro atoms. The van der Waals surface area contributed by atoms with Gasteiger partial charge in [-0.05, 0) is 76.5 Å². The van der Waals surface area contributed by atoms with Gasteiger partial charge < -0.3 is 15.5 Å². The predicted molar refractivity (Wildman–Crippen MR) is 148 cm³/mol. The molecule has 0 unspecified atom stereocenters. The van der Waals surface area contributed by atoms with Gasteiger partial charge in [-0.25, -0.2) is 17.4 Å². The third-order valence-electron chi connectivity index (χ3n) is 7.51. The van der Waals surface area contributed by atoms with Crippen molar-refractivity contribution in [3.63, 3.8) is 0 Å². The number of hydrogen-bond acceptors (Lipinski definition) is 7. The number of aromatic nitrogens is 3. The molecule has 0 aliphatic heterocycles. The summed E-state index contributed by atoms with van der Waals surface area (Å²) in [6, 6.07) is 8.51. The van der Waals surface area contributed by atoms with Gasteiger partial charge in [0.05, 0.1) is 16.2 Å². The number of nitrogens with one attached hydrogen (secondary N) is 2. The first-order valence-electron chi connectivity index (χ1n) is 13.4. The van der Waals surface area contributed by atoms with Gasteiger partial charge in [-0.2, -0.15) is 4.98 Å². The zero-order valence-corrected chi connectivity index (χ0v) is 23.1. The van der Waals surface area contributed by atoms with Gasteiger partial charge in [-0.1, -0.05) is 17.7 Å².